The van der Waals surface area contributed by atoms with Gasteiger partial charge in [-0.3, -0.25) is 0 Å². The molecule has 0 amide bonds. The fourth-order valence-corrected chi connectivity index (χ4v) is 1.69. The lowest BCUT2D eigenvalue weighted by molar-refractivity contribution is 0.203. The summed E-state index contributed by atoms with van der Waals surface area (Å²) in [5, 5.41) is 3.23. The maximum atomic E-state index is 5.14. The van der Waals surface area contributed by atoms with Crippen molar-refractivity contribution in [3.05, 3.63) is 18.2 Å². The van der Waals surface area contributed by atoms with E-state index in [1.54, 1.807) is 7.11 Å². The van der Waals surface area contributed by atoms with Gasteiger partial charge in [-0.25, -0.2) is 4.98 Å². The number of nitrogens with zero attached hydrogens (tertiary/aromatic N) is 2. The number of ether oxygens (including phenoxy) is 1. The number of nitrogens with one attached hydrogen (secondary N) is 1. The normalized spacial score (nSPS) is 10.6. The van der Waals surface area contributed by atoms with Crippen LogP contribution in [0.4, 0.5) is 11.6 Å². The average molecular weight is 237 g/mol. The average Bonchev–Trinajstić information content (AvgIpc) is 2.30. The highest BCUT2D eigenvalue weighted by Crippen LogP contribution is 2.16. The molecule has 0 bridgehead atoms. The van der Waals surface area contributed by atoms with Crippen molar-refractivity contribution in [3.63, 3.8) is 0 Å². The van der Waals surface area contributed by atoms with Gasteiger partial charge in [0, 0.05) is 26.2 Å². The first-order valence-electron chi connectivity index (χ1n) is 6.15. The van der Waals surface area contributed by atoms with E-state index in [-0.39, 0.29) is 0 Å². The standard InChI is InChI=1S/C13H23N3O/c1-5-14-12-7-6-8-13(15-12)16(11(2)3)9-10-17-4/h6-8,11H,5,9-10H2,1-4H3,(H,14,15). The van der Waals surface area contributed by atoms with E-state index in [4.69, 9.17) is 4.74 Å². The Balaban J connectivity index is 2.81. The Morgan fingerprint density at radius 3 is 2.76 bits per heavy atom. The van der Waals surface area contributed by atoms with Gasteiger partial charge in [0.15, 0.2) is 0 Å². The zero-order valence-electron chi connectivity index (χ0n) is 11.2. The van der Waals surface area contributed by atoms with E-state index in [9.17, 15) is 0 Å². The largest absolute Gasteiger partial charge is 0.383 e. The molecular formula is C13H23N3O. The van der Waals surface area contributed by atoms with Crippen molar-refractivity contribution in [3.8, 4) is 0 Å². The Kier molecular flexibility index (Phi) is 5.77. The highest BCUT2D eigenvalue weighted by molar-refractivity contribution is 5.47. The third-order valence-electron chi connectivity index (χ3n) is 2.55. The molecule has 0 saturated heterocycles. The number of pyridine rings is 1. The highest BCUT2D eigenvalue weighted by atomic mass is 16.5. The molecule has 0 aromatic carbocycles. The van der Waals surface area contributed by atoms with Gasteiger partial charge >= 0.3 is 0 Å². The van der Waals surface area contributed by atoms with Crippen molar-refractivity contribution in [2.45, 2.75) is 26.8 Å². The molecular weight excluding hydrogens is 214 g/mol. The molecule has 1 aromatic heterocycles. The Labute approximate surface area is 104 Å². The van der Waals surface area contributed by atoms with Crippen molar-refractivity contribution in [2.24, 2.45) is 0 Å². The van der Waals surface area contributed by atoms with E-state index in [0.29, 0.717) is 12.6 Å². The van der Waals surface area contributed by atoms with E-state index in [1.807, 2.05) is 18.2 Å². The minimum absolute atomic E-state index is 0.412. The smallest absolute Gasteiger partial charge is 0.131 e. The van der Waals surface area contributed by atoms with Gasteiger partial charge in [0.25, 0.3) is 0 Å². The summed E-state index contributed by atoms with van der Waals surface area (Å²) in [7, 11) is 1.72. The number of aromatic nitrogens is 1. The topological polar surface area (TPSA) is 37.4 Å². The molecule has 1 aromatic rings. The Hall–Kier alpha value is -1.29. The lowest BCUT2D eigenvalue weighted by Crippen LogP contribution is -2.34. The van der Waals surface area contributed by atoms with Gasteiger partial charge in [-0.15, -0.1) is 0 Å². The zero-order valence-corrected chi connectivity index (χ0v) is 11.2. The number of methoxy groups -OCH3 is 1. The molecule has 0 aliphatic carbocycles. The van der Waals surface area contributed by atoms with Gasteiger partial charge in [-0.1, -0.05) is 6.07 Å². The summed E-state index contributed by atoms with van der Waals surface area (Å²) in [4.78, 5) is 6.84. The first kappa shape index (κ1) is 13.8. The van der Waals surface area contributed by atoms with Crippen LogP contribution in [0.5, 0.6) is 0 Å². The van der Waals surface area contributed by atoms with E-state index >= 15 is 0 Å². The SMILES string of the molecule is CCNc1cccc(N(CCOC)C(C)C)n1. The van der Waals surface area contributed by atoms with Crippen LogP contribution in [0.1, 0.15) is 20.8 Å². The highest BCUT2D eigenvalue weighted by Gasteiger charge is 2.11. The summed E-state index contributed by atoms with van der Waals surface area (Å²) in [5.74, 6) is 1.92. The maximum absolute atomic E-state index is 5.14. The van der Waals surface area contributed by atoms with Crippen molar-refractivity contribution in [2.75, 3.05) is 37.0 Å². The van der Waals surface area contributed by atoms with Crippen LogP contribution in [0.3, 0.4) is 0 Å². The summed E-state index contributed by atoms with van der Waals surface area (Å²) in [6, 6.07) is 6.47. The van der Waals surface area contributed by atoms with Crippen molar-refractivity contribution in [1.82, 2.24) is 4.98 Å². The molecule has 1 rings (SSSR count). The molecule has 0 fully saturated rings. The molecule has 1 N–H and O–H groups in total. The fourth-order valence-electron chi connectivity index (χ4n) is 1.69. The molecule has 0 spiro atoms. The molecule has 0 unspecified atom stereocenters. The van der Waals surface area contributed by atoms with Gasteiger partial charge in [0.2, 0.25) is 0 Å². The van der Waals surface area contributed by atoms with Gasteiger partial charge < -0.3 is 15.0 Å². The fraction of sp³-hybridized carbons (Fsp3) is 0.615. The van der Waals surface area contributed by atoms with Crippen LogP contribution in [0, 0.1) is 0 Å². The van der Waals surface area contributed by atoms with E-state index in [0.717, 1.165) is 24.7 Å². The predicted octanol–water partition coefficient (Wildman–Crippen LogP) is 2.37. The zero-order chi connectivity index (χ0) is 12.7. The summed E-state index contributed by atoms with van der Waals surface area (Å²) in [6.45, 7) is 8.85. The second-order valence-corrected chi connectivity index (χ2v) is 4.19. The van der Waals surface area contributed by atoms with Gasteiger partial charge in [0.1, 0.15) is 11.6 Å². The second kappa shape index (κ2) is 7.12. The van der Waals surface area contributed by atoms with Crippen LogP contribution in [0.15, 0.2) is 18.2 Å². The number of hydrogen-bond acceptors (Lipinski definition) is 4. The van der Waals surface area contributed by atoms with Crippen molar-refractivity contribution in [1.29, 1.82) is 0 Å². The lowest BCUT2D eigenvalue weighted by atomic mass is 10.3. The van der Waals surface area contributed by atoms with Crippen LogP contribution in [0.2, 0.25) is 0 Å². The Morgan fingerprint density at radius 2 is 2.18 bits per heavy atom. The Morgan fingerprint density at radius 1 is 1.41 bits per heavy atom. The molecule has 0 radical (unpaired) electrons. The summed E-state index contributed by atoms with van der Waals surface area (Å²) in [6.07, 6.45) is 0. The number of rotatable bonds is 7. The predicted molar refractivity (Wildman–Crippen MR) is 72.8 cm³/mol. The van der Waals surface area contributed by atoms with Gasteiger partial charge in [-0.05, 0) is 32.9 Å². The van der Waals surface area contributed by atoms with Crippen molar-refractivity contribution >= 4 is 11.6 Å². The molecule has 0 aliphatic heterocycles. The van der Waals surface area contributed by atoms with Gasteiger partial charge in [0.05, 0.1) is 6.61 Å². The molecule has 0 aliphatic rings. The second-order valence-electron chi connectivity index (χ2n) is 4.19. The molecule has 4 heteroatoms. The molecule has 96 valence electrons. The third kappa shape index (κ3) is 4.23. The van der Waals surface area contributed by atoms with Gasteiger partial charge in [-0.2, -0.15) is 0 Å². The maximum Gasteiger partial charge on any atom is 0.131 e. The minimum atomic E-state index is 0.412. The first-order valence-corrected chi connectivity index (χ1v) is 6.15. The summed E-state index contributed by atoms with van der Waals surface area (Å²) >= 11 is 0. The lowest BCUT2D eigenvalue weighted by Gasteiger charge is -2.27. The van der Waals surface area contributed by atoms with Crippen LogP contribution >= 0.6 is 0 Å². The number of hydrogen-bond donors (Lipinski definition) is 1. The van der Waals surface area contributed by atoms with E-state index in [1.165, 1.54) is 0 Å². The van der Waals surface area contributed by atoms with Crippen molar-refractivity contribution < 1.29 is 4.74 Å². The van der Waals surface area contributed by atoms with Crippen LogP contribution in [-0.4, -0.2) is 37.8 Å². The first-order chi connectivity index (χ1) is 8.19. The quantitative estimate of drug-likeness (QED) is 0.790. The molecule has 0 atom stereocenters. The summed E-state index contributed by atoms with van der Waals surface area (Å²) in [5.41, 5.74) is 0. The molecule has 0 saturated carbocycles. The van der Waals surface area contributed by atoms with Crippen LogP contribution in [-0.2, 0) is 4.74 Å². The Bertz CT molecular complexity index is 328. The summed E-state index contributed by atoms with van der Waals surface area (Å²) < 4.78 is 5.14. The van der Waals surface area contributed by atoms with Crippen LogP contribution in [0.25, 0.3) is 0 Å². The third-order valence-corrected chi connectivity index (χ3v) is 2.55. The molecule has 4 nitrogen and oxygen atoms in total. The molecule has 1 heterocycles. The molecule has 17 heavy (non-hydrogen) atoms. The minimum Gasteiger partial charge on any atom is -0.383 e. The van der Waals surface area contributed by atoms with E-state index in [2.05, 4.69) is 36.0 Å². The monoisotopic (exact) mass is 237 g/mol. The van der Waals surface area contributed by atoms with Crippen LogP contribution < -0.4 is 10.2 Å². The number of anilines is 2. The van der Waals surface area contributed by atoms with E-state index < -0.39 is 0 Å².